The zero-order valence-corrected chi connectivity index (χ0v) is 17.3. The van der Waals surface area contributed by atoms with E-state index in [4.69, 9.17) is 16.3 Å². The summed E-state index contributed by atoms with van der Waals surface area (Å²) in [6.07, 6.45) is -1.18. The second-order valence-corrected chi connectivity index (χ2v) is 7.17. The lowest BCUT2D eigenvalue weighted by atomic mass is 9.98. The molecule has 0 aromatic heterocycles. The first-order valence-corrected chi connectivity index (χ1v) is 9.80. The van der Waals surface area contributed by atoms with E-state index in [0.29, 0.717) is 0 Å². The summed E-state index contributed by atoms with van der Waals surface area (Å²) in [6, 6.07) is 21.9. The summed E-state index contributed by atoms with van der Waals surface area (Å²) in [4.78, 5) is 35.8. The SMILES string of the molecule is CC(OC(=O)c1ccc(Cl)cc1[N+](=O)[O-])C(=O)NC(c1ccccc1)c1ccccc1. The first kappa shape index (κ1) is 22.0. The highest BCUT2D eigenvalue weighted by atomic mass is 35.5. The molecule has 31 heavy (non-hydrogen) atoms. The lowest BCUT2D eigenvalue weighted by molar-refractivity contribution is -0.385. The minimum Gasteiger partial charge on any atom is -0.449 e. The van der Waals surface area contributed by atoms with Crippen LogP contribution in [0.25, 0.3) is 0 Å². The minimum atomic E-state index is -1.18. The van der Waals surface area contributed by atoms with Gasteiger partial charge < -0.3 is 10.1 Å². The van der Waals surface area contributed by atoms with E-state index < -0.39 is 34.6 Å². The summed E-state index contributed by atoms with van der Waals surface area (Å²) in [6.45, 7) is 1.40. The molecular formula is C23H19ClN2O5. The zero-order valence-electron chi connectivity index (χ0n) is 16.5. The number of carbonyl (C=O) groups excluding carboxylic acids is 2. The van der Waals surface area contributed by atoms with Gasteiger partial charge in [0.15, 0.2) is 6.10 Å². The van der Waals surface area contributed by atoms with Gasteiger partial charge in [0.25, 0.3) is 11.6 Å². The molecule has 0 radical (unpaired) electrons. The largest absolute Gasteiger partial charge is 0.449 e. The molecule has 0 aliphatic carbocycles. The Bertz CT molecular complexity index is 1050. The van der Waals surface area contributed by atoms with Crippen LogP contribution in [0, 0.1) is 10.1 Å². The molecule has 0 saturated carbocycles. The van der Waals surface area contributed by atoms with Crippen LogP contribution in [0.3, 0.4) is 0 Å². The van der Waals surface area contributed by atoms with Crippen LogP contribution in [0.2, 0.25) is 5.02 Å². The van der Waals surface area contributed by atoms with Crippen LogP contribution in [0.5, 0.6) is 0 Å². The minimum absolute atomic E-state index is 0.114. The number of amides is 1. The Morgan fingerprint density at radius 2 is 1.52 bits per heavy atom. The van der Waals surface area contributed by atoms with E-state index in [-0.39, 0.29) is 10.6 Å². The Labute approximate surface area is 183 Å². The number of esters is 1. The average molecular weight is 439 g/mol. The van der Waals surface area contributed by atoms with Crippen LogP contribution in [0.4, 0.5) is 5.69 Å². The van der Waals surface area contributed by atoms with Gasteiger partial charge in [-0.3, -0.25) is 14.9 Å². The highest BCUT2D eigenvalue weighted by Crippen LogP contribution is 2.25. The number of nitro benzene ring substituents is 1. The third-order valence-electron chi connectivity index (χ3n) is 4.58. The lowest BCUT2D eigenvalue weighted by Gasteiger charge is -2.22. The normalized spacial score (nSPS) is 11.6. The molecule has 3 aromatic rings. The fourth-order valence-electron chi connectivity index (χ4n) is 3.02. The first-order chi connectivity index (χ1) is 14.9. The average Bonchev–Trinajstić information content (AvgIpc) is 2.78. The zero-order chi connectivity index (χ0) is 22.4. The summed E-state index contributed by atoms with van der Waals surface area (Å²) < 4.78 is 5.20. The van der Waals surface area contributed by atoms with Crippen molar-refractivity contribution in [1.82, 2.24) is 5.32 Å². The molecule has 158 valence electrons. The first-order valence-electron chi connectivity index (χ1n) is 9.42. The molecule has 0 aliphatic heterocycles. The Morgan fingerprint density at radius 3 is 2.03 bits per heavy atom. The number of nitro groups is 1. The summed E-state index contributed by atoms with van der Waals surface area (Å²) in [7, 11) is 0. The van der Waals surface area contributed by atoms with Gasteiger partial charge in [0.1, 0.15) is 5.56 Å². The molecule has 1 amide bonds. The van der Waals surface area contributed by atoms with E-state index in [1.807, 2.05) is 60.7 Å². The van der Waals surface area contributed by atoms with Crippen LogP contribution >= 0.6 is 11.6 Å². The molecule has 3 rings (SSSR count). The Morgan fingerprint density at radius 1 is 0.968 bits per heavy atom. The number of rotatable bonds is 7. The van der Waals surface area contributed by atoms with Gasteiger partial charge in [0.2, 0.25) is 0 Å². The number of hydrogen-bond acceptors (Lipinski definition) is 5. The summed E-state index contributed by atoms with van der Waals surface area (Å²) in [5.41, 5.74) is 0.941. The van der Waals surface area contributed by atoms with E-state index in [1.54, 1.807) is 0 Å². The third-order valence-corrected chi connectivity index (χ3v) is 4.82. The molecule has 0 fully saturated rings. The predicted octanol–water partition coefficient (Wildman–Crippen LogP) is 4.70. The van der Waals surface area contributed by atoms with Gasteiger partial charge in [-0.1, -0.05) is 72.3 Å². The smallest absolute Gasteiger partial charge is 0.345 e. The van der Waals surface area contributed by atoms with Crippen molar-refractivity contribution in [1.29, 1.82) is 0 Å². The Balaban J connectivity index is 1.77. The lowest BCUT2D eigenvalue weighted by Crippen LogP contribution is -2.38. The number of nitrogens with one attached hydrogen (secondary N) is 1. The highest BCUT2D eigenvalue weighted by molar-refractivity contribution is 6.31. The molecule has 0 bridgehead atoms. The number of nitrogens with zero attached hydrogens (tertiary/aromatic N) is 1. The van der Waals surface area contributed by atoms with E-state index in [1.165, 1.54) is 19.1 Å². The molecular weight excluding hydrogens is 420 g/mol. The topological polar surface area (TPSA) is 98.5 Å². The van der Waals surface area contributed by atoms with Crippen molar-refractivity contribution in [3.8, 4) is 0 Å². The summed E-state index contributed by atoms with van der Waals surface area (Å²) in [5, 5.41) is 14.2. The molecule has 0 heterocycles. The third kappa shape index (κ3) is 5.46. The molecule has 0 saturated heterocycles. The standard InChI is InChI=1S/C23H19ClN2O5/c1-15(31-23(28)19-13-12-18(24)14-20(19)26(29)30)22(27)25-21(16-8-4-2-5-9-16)17-10-6-3-7-11-17/h2-15,21H,1H3,(H,25,27). The van der Waals surface area contributed by atoms with Gasteiger partial charge in [-0.05, 0) is 30.2 Å². The number of hydrogen-bond donors (Lipinski definition) is 1. The molecule has 1 unspecified atom stereocenters. The van der Waals surface area contributed by atoms with Crippen molar-refractivity contribution < 1.29 is 19.2 Å². The van der Waals surface area contributed by atoms with Gasteiger partial charge in [-0.15, -0.1) is 0 Å². The maximum Gasteiger partial charge on any atom is 0.345 e. The van der Waals surface area contributed by atoms with Crippen molar-refractivity contribution in [2.75, 3.05) is 0 Å². The molecule has 1 atom stereocenters. The number of ether oxygens (including phenoxy) is 1. The number of carbonyl (C=O) groups is 2. The maximum absolute atomic E-state index is 12.8. The van der Waals surface area contributed by atoms with Gasteiger partial charge in [0, 0.05) is 11.1 Å². The monoisotopic (exact) mass is 438 g/mol. The van der Waals surface area contributed by atoms with Crippen molar-refractivity contribution in [2.24, 2.45) is 0 Å². The van der Waals surface area contributed by atoms with Crippen LogP contribution in [0.15, 0.2) is 78.9 Å². The van der Waals surface area contributed by atoms with E-state index in [0.717, 1.165) is 17.2 Å². The molecule has 3 aromatic carbocycles. The van der Waals surface area contributed by atoms with Gasteiger partial charge >= 0.3 is 5.97 Å². The van der Waals surface area contributed by atoms with E-state index in [2.05, 4.69) is 5.32 Å². The molecule has 1 N–H and O–H groups in total. The van der Waals surface area contributed by atoms with E-state index in [9.17, 15) is 19.7 Å². The predicted molar refractivity (Wildman–Crippen MR) is 116 cm³/mol. The highest BCUT2D eigenvalue weighted by Gasteiger charge is 2.27. The molecule has 7 nitrogen and oxygen atoms in total. The second kappa shape index (κ2) is 9.86. The van der Waals surface area contributed by atoms with Crippen molar-refractivity contribution in [3.63, 3.8) is 0 Å². The summed E-state index contributed by atoms with van der Waals surface area (Å²) in [5.74, 6) is -1.52. The fraction of sp³-hybridized carbons (Fsp3) is 0.130. The van der Waals surface area contributed by atoms with Crippen molar-refractivity contribution in [2.45, 2.75) is 19.1 Å². The fourth-order valence-corrected chi connectivity index (χ4v) is 3.18. The number of halogens is 1. The quantitative estimate of drug-likeness (QED) is 0.327. The van der Waals surface area contributed by atoms with E-state index >= 15 is 0 Å². The van der Waals surface area contributed by atoms with Crippen LogP contribution in [-0.4, -0.2) is 22.9 Å². The molecule has 0 aliphatic rings. The van der Waals surface area contributed by atoms with Crippen LogP contribution in [-0.2, 0) is 9.53 Å². The second-order valence-electron chi connectivity index (χ2n) is 6.73. The van der Waals surface area contributed by atoms with Crippen LogP contribution in [0.1, 0.15) is 34.5 Å². The summed E-state index contributed by atoms with van der Waals surface area (Å²) >= 11 is 5.77. The number of benzene rings is 3. The maximum atomic E-state index is 12.8. The van der Waals surface area contributed by atoms with Gasteiger partial charge in [-0.25, -0.2) is 4.79 Å². The Hall–Kier alpha value is -3.71. The van der Waals surface area contributed by atoms with Crippen molar-refractivity contribution in [3.05, 3.63) is 111 Å². The Kier molecular flexibility index (Phi) is 6.99. The molecule has 0 spiro atoms. The van der Waals surface area contributed by atoms with Crippen molar-refractivity contribution >= 4 is 29.2 Å². The molecule has 8 heteroatoms. The van der Waals surface area contributed by atoms with Gasteiger partial charge in [0.05, 0.1) is 11.0 Å². The van der Waals surface area contributed by atoms with Gasteiger partial charge in [-0.2, -0.15) is 0 Å². The van der Waals surface area contributed by atoms with Crippen LogP contribution < -0.4 is 5.32 Å².